The average molecular weight is 290 g/mol. The number of anilines is 1. The van der Waals surface area contributed by atoms with Gasteiger partial charge >= 0.3 is 0 Å². The van der Waals surface area contributed by atoms with Crippen LogP contribution in [0.2, 0.25) is 0 Å². The third kappa shape index (κ3) is 4.95. The molecule has 1 aliphatic rings. The molecule has 114 valence electrons. The van der Waals surface area contributed by atoms with Gasteiger partial charge in [-0.15, -0.1) is 0 Å². The summed E-state index contributed by atoms with van der Waals surface area (Å²) in [6, 6.07) is 6.93. The van der Waals surface area contributed by atoms with E-state index in [1.54, 1.807) is 24.3 Å². The summed E-state index contributed by atoms with van der Waals surface area (Å²) in [4.78, 5) is 25.8. The van der Waals surface area contributed by atoms with Crippen molar-refractivity contribution in [1.82, 2.24) is 4.90 Å². The average Bonchev–Trinajstić information content (AvgIpc) is 2.98. The number of ether oxygens (including phenoxy) is 1. The second-order valence-electron chi connectivity index (χ2n) is 5.17. The maximum Gasteiger partial charge on any atom is 0.238 e. The van der Waals surface area contributed by atoms with Gasteiger partial charge in [0.1, 0.15) is 6.61 Å². The van der Waals surface area contributed by atoms with Gasteiger partial charge < -0.3 is 10.1 Å². The van der Waals surface area contributed by atoms with Gasteiger partial charge in [-0.3, -0.25) is 14.5 Å². The van der Waals surface area contributed by atoms with E-state index in [2.05, 4.69) is 10.2 Å². The van der Waals surface area contributed by atoms with Gasteiger partial charge in [-0.2, -0.15) is 0 Å². The minimum absolute atomic E-state index is 0.00899. The molecular formula is C16H22N2O3. The second-order valence-corrected chi connectivity index (χ2v) is 5.17. The number of hydrogen-bond donors (Lipinski definition) is 1. The van der Waals surface area contributed by atoms with E-state index in [1.807, 2.05) is 6.92 Å². The predicted octanol–water partition coefficient (Wildman–Crippen LogP) is 1.94. The van der Waals surface area contributed by atoms with Crippen molar-refractivity contribution in [2.45, 2.75) is 19.8 Å². The van der Waals surface area contributed by atoms with Gasteiger partial charge in [0.05, 0.1) is 6.54 Å². The molecule has 1 aromatic carbocycles. The highest BCUT2D eigenvalue weighted by molar-refractivity contribution is 5.98. The van der Waals surface area contributed by atoms with Crippen molar-refractivity contribution in [2.75, 3.05) is 38.2 Å². The Morgan fingerprint density at radius 3 is 2.48 bits per heavy atom. The van der Waals surface area contributed by atoms with Crippen molar-refractivity contribution in [3.05, 3.63) is 29.8 Å². The Labute approximate surface area is 125 Å². The maximum absolute atomic E-state index is 11.9. The van der Waals surface area contributed by atoms with E-state index in [1.165, 1.54) is 12.8 Å². The van der Waals surface area contributed by atoms with Crippen LogP contribution < -0.4 is 5.32 Å². The van der Waals surface area contributed by atoms with Gasteiger partial charge in [-0.05, 0) is 57.1 Å². The summed E-state index contributed by atoms with van der Waals surface area (Å²) >= 11 is 0. The summed E-state index contributed by atoms with van der Waals surface area (Å²) in [5, 5.41) is 2.85. The van der Waals surface area contributed by atoms with Crippen molar-refractivity contribution in [3.63, 3.8) is 0 Å². The van der Waals surface area contributed by atoms with Crippen LogP contribution in [0.15, 0.2) is 24.3 Å². The normalized spacial score (nSPS) is 15.1. The Kier molecular flexibility index (Phi) is 5.90. The zero-order valence-electron chi connectivity index (χ0n) is 12.4. The number of ketones is 1. The molecule has 0 aromatic heterocycles. The molecule has 1 fully saturated rings. The SMILES string of the molecule is CCOCC(=O)c1ccc(NC(=O)CN2CCCC2)cc1. The lowest BCUT2D eigenvalue weighted by Gasteiger charge is -2.14. The lowest BCUT2D eigenvalue weighted by atomic mass is 10.1. The van der Waals surface area contributed by atoms with Crippen LogP contribution in [0.3, 0.4) is 0 Å². The van der Waals surface area contributed by atoms with Crippen molar-refractivity contribution in [2.24, 2.45) is 0 Å². The number of hydrogen-bond acceptors (Lipinski definition) is 4. The van der Waals surface area contributed by atoms with E-state index in [0.717, 1.165) is 13.1 Å². The molecule has 0 radical (unpaired) electrons. The molecule has 0 unspecified atom stereocenters. The molecule has 1 aliphatic heterocycles. The first-order valence-electron chi connectivity index (χ1n) is 7.42. The monoisotopic (exact) mass is 290 g/mol. The molecule has 1 saturated heterocycles. The van der Waals surface area contributed by atoms with Crippen LogP contribution in [-0.2, 0) is 9.53 Å². The fourth-order valence-electron chi connectivity index (χ4n) is 2.36. The molecule has 1 N–H and O–H groups in total. The minimum Gasteiger partial charge on any atom is -0.374 e. The number of carbonyl (C=O) groups excluding carboxylic acids is 2. The molecule has 1 amide bonds. The van der Waals surface area contributed by atoms with Crippen LogP contribution in [0.5, 0.6) is 0 Å². The highest BCUT2D eigenvalue weighted by Gasteiger charge is 2.15. The summed E-state index contributed by atoms with van der Waals surface area (Å²) in [7, 11) is 0. The van der Waals surface area contributed by atoms with Crippen molar-refractivity contribution in [3.8, 4) is 0 Å². The van der Waals surface area contributed by atoms with Gasteiger partial charge in [-0.25, -0.2) is 0 Å². The summed E-state index contributed by atoms with van der Waals surface area (Å²) in [6.07, 6.45) is 2.34. The van der Waals surface area contributed by atoms with Crippen molar-refractivity contribution in [1.29, 1.82) is 0 Å². The number of nitrogens with one attached hydrogen (secondary N) is 1. The number of benzene rings is 1. The van der Waals surface area contributed by atoms with E-state index in [4.69, 9.17) is 4.74 Å². The molecule has 21 heavy (non-hydrogen) atoms. The van der Waals surface area contributed by atoms with Crippen LogP contribution in [-0.4, -0.2) is 49.4 Å². The number of amides is 1. The largest absolute Gasteiger partial charge is 0.374 e. The molecule has 0 spiro atoms. The van der Waals surface area contributed by atoms with Gasteiger partial charge in [0.2, 0.25) is 5.91 Å². The van der Waals surface area contributed by atoms with Gasteiger partial charge in [0.15, 0.2) is 5.78 Å². The molecule has 1 aromatic rings. The number of nitrogens with zero attached hydrogens (tertiary/aromatic N) is 1. The predicted molar refractivity (Wildman–Crippen MR) is 81.6 cm³/mol. The summed E-state index contributed by atoms with van der Waals surface area (Å²) < 4.78 is 5.09. The Hall–Kier alpha value is -1.72. The fourth-order valence-corrected chi connectivity index (χ4v) is 2.36. The number of carbonyl (C=O) groups is 2. The van der Waals surface area contributed by atoms with Crippen molar-refractivity contribution >= 4 is 17.4 Å². The quantitative estimate of drug-likeness (QED) is 0.780. The molecule has 0 saturated carbocycles. The standard InChI is InChI=1S/C16H22N2O3/c1-2-21-12-15(19)13-5-7-14(8-6-13)17-16(20)11-18-9-3-4-10-18/h5-8H,2-4,9-12H2,1H3,(H,17,20). The van der Waals surface area contributed by atoms with Gasteiger partial charge in [-0.1, -0.05) is 0 Å². The number of Topliss-reactive ketones (excluding diaryl/α,β-unsaturated/α-hetero) is 1. The molecule has 0 atom stereocenters. The lowest BCUT2D eigenvalue weighted by molar-refractivity contribution is -0.117. The topological polar surface area (TPSA) is 58.6 Å². The first-order chi connectivity index (χ1) is 10.2. The van der Waals surface area contributed by atoms with Crippen LogP contribution in [0.4, 0.5) is 5.69 Å². The molecular weight excluding hydrogens is 268 g/mol. The molecule has 5 heteroatoms. The zero-order chi connectivity index (χ0) is 15.1. The Morgan fingerprint density at radius 2 is 1.86 bits per heavy atom. The Bertz CT molecular complexity index is 479. The number of likely N-dealkylation sites (tertiary alicyclic amines) is 1. The van der Waals surface area contributed by atoms with Gasteiger partial charge in [0.25, 0.3) is 0 Å². The zero-order valence-corrected chi connectivity index (χ0v) is 12.4. The first-order valence-corrected chi connectivity index (χ1v) is 7.42. The Morgan fingerprint density at radius 1 is 1.19 bits per heavy atom. The second kappa shape index (κ2) is 7.90. The van der Waals surface area contributed by atoms with Gasteiger partial charge in [0, 0.05) is 17.9 Å². The molecule has 1 heterocycles. The van der Waals surface area contributed by atoms with E-state index >= 15 is 0 Å². The maximum atomic E-state index is 11.9. The lowest BCUT2D eigenvalue weighted by Crippen LogP contribution is -2.30. The summed E-state index contributed by atoms with van der Waals surface area (Å²) in [6.45, 7) is 4.90. The first kappa shape index (κ1) is 15.7. The van der Waals surface area contributed by atoms with Crippen LogP contribution >= 0.6 is 0 Å². The number of rotatable bonds is 7. The van der Waals surface area contributed by atoms with Crippen LogP contribution in [0.1, 0.15) is 30.1 Å². The molecule has 5 nitrogen and oxygen atoms in total. The van der Waals surface area contributed by atoms with E-state index in [-0.39, 0.29) is 18.3 Å². The minimum atomic E-state index is -0.0493. The Balaban J connectivity index is 1.83. The summed E-state index contributed by atoms with van der Waals surface area (Å²) in [5.41, 5.74) is 1.31. The van der Waals surface area contributed by atoms with Crippen LogP contribution in [0, 0.1) is 0 Å². The third-order valence-corrected chi connectivity index (χ3v) is 3.49. The fraction of sp³-hybridized carbons (Fsp3) is 0.500. The molecule has 0 aliphatic carbocycles. The molecule has 2 rings (SSSR count). The van der Waals surface area contributed by atoms with E-state index < -0.39 is 0 Å². The van der Waals surface area contributed by atoms with E-state index in [9.17, 15) is 9.59 Å². The van der Waals surface area contributed by atoms with E-state index in [0.29, 0.717) is 24.4 Å². The smallest absolute Gasteiger partial charge is 0.238 e. The summed E-state index contributed by atoms with van der Waals surface area (Å²) in [5.74, 6) is -0.0583. The van der Waals surface area contributed by atoms with Crippen molar-refractivity contribution < 1.29 is 14.3 Å². The highest BCUT2D eigenvalue weighted by atomic mass is 16.5. The highest BCUT2D eigenvalue weighted by Crippen LogP contribution is 2.11. The third-order valence-electron chi connectivity index (χ3n) is 3.49. The van der Waals surface area contributed by atoms with Crippen LogP contribution in [0.25, 0.3) is 0 Å². The molecule has 0 bridgehead atoms.